The molecule has 0 saturated carbocycles. The fraction of sp³-hybridized carbons (Fsp3) is 0.182. The minimum absolute atomic E-state index is 0.132. The van der Waals surface area contributed by atoms with Gasteiger partial charge in [0.25, 0.3) is 0 Å². The third kappa shape index (κ3) is 3.26. The van der Waals surface area contributed by atoms with Crippen molar-refractivity contribution in [3.63, 3.8) is 0 Å². The van der Waals surface area contributed by atoms with Gasteiger partial charge in [-0.3, -0.25) is 0 Å². The first-order chi connectivity index (χ1) is 12.4. The third-order valence-corrected chi connectivity index (χ3v) is 9.87. The summed E-state index contributed by atoms with van der Waals surface area (Å²) < 4.78 is 11.8. The topological polar surface area (TPSA) is 18.5 Å². The van der Waals surface area contributed by atoms with Crippen LogP contribution in [0.2, 0.25) is 0 Å². The summed E-state index contributed by atoms with van der Waals surface area (Å²) in [4.78, 5) is 0. The molecule has 1 aliphatic heterocycles. The molecule has 0 bridgehead atoms. The van der Waals surface area contributed by atoms with Gasteiger partial charge in [0.15, 0.2) is 0 Å². The van der Waals surface area contributed by atoms with Gasteiger partial charge in [-0.25, -0.2) is 0 Å². The Morgan fingerprint density at radius 3 is 1.32 bits per heavy atom. The molecule has 1 saturated heterocycles. The zero-order chi connectivity index (χ0) is 17.0. The number of rotatable bonds is 5. The van der Waals surface area contributed by atoms with E-state index in [2.05, 4.69) is 91.0 Å². The molecule has 3 aromatic carbocycles. The molecular formula is C22H23O2P. The zero-order valence-corrected chi connectivity index (χ0v) is 15.2. The predicted octanol–water partition coefficient (Wildman–Crippen LogP) is 3.09. The van der Waals surface area contributed by atoms with Gasteiger partial charge in [-0.05, 0) is 0 Å². The van der Waals surface area contributed by atoms with Crippen molar-refractivity contribution >= 4 is 23.2 Å². The van der Waals surface area contributed by atoms with Crippen LogP contribution in [0.25, 0.3) is 0 Å². The molecule has 0 atom stereocenters. The van der Waals surface area contributed by atoms with Crippen LogP contribution < -0.4 is 15.9 Å². The van der Waals surface area contributed by atoms with Crippen molar-refractivity contribution in [1.82, 2.24) is 0 Å². The SMILES string of the molecule is c1ccc([PH](CC2OCCO2)(c2ccccc2)c2ccccc2)cc1. The molecule has 4 rings (SSSR count). The van der Waals surface area contributed by atoms with Crippen molar-refractivity contribution in [2.24, 2.45) is 0 Å². The van der Waals surface area contributed by atoms with Gasteiger partial charge >= 0.3 is 149 Å². The molecule has 0 spiro atoms. The summed E-state index contributed by atoms with van der Waals surface area (Å²) in [5.41, 5.74) is 0. The maximum atomic E-state index is 5.89. The molecule has 2 nitrogen and oxygen atoms in total. The molecule has 128 valence electrons. The van der Waals surface area contributed by atoms with Gasteiger partial charge in [-0.15, -0.1) is 0 Å². The summed E-state index contributed by atoms with van der Waals surface area (Å²) >= 11 is 0. The first kappa shape index (κ1) is 16.5. The van der Waals surface area contributed by atoms with Crippen LogP contribution in [0.1, 0.15) is 0 Å². The molecule has 0 N–H and O–H groups in total. The average molecular weight is 350 g/mol. The molecule has 1 heterocycles. The molecule has 0 amide bonds. The van der Waals surface area contributed by atoms with E-state index in [1.807, 2.05) is 0 Å². The maximum absolute atomic E-state index is 5.89. The molecule has 3 aromatic rings. The van der Waals surface area contributed by atoms with Crippen LogP contribution in [-0.2, 0) is 9.47 Å². The summed E-state index contributed by atoms with van der Waals surface area (Å²) in [5, 5.41) is 4.18. The Morgan fingerprint density at radius 1 is 0.600 bits per heavy atom. The summed E-state index contributed by atoms with van der Waals surface area (Å²) in [6.07, 6.45) is 0.762. The van der Waals surface area contributed by atoms with Crippen molar-refractivity contribution in [2.45, 2.75) is 6.29 Å². The van der Waals surface area contributed by atoms with Crippen molar-refractivity contribution in [3.8, 4) is 0 Å². The van der Waals surface area contributed by atoms with Crippen molar-refractivity contribution < 1.29 is 9.47 Å². The van der Waals surface area contributed by atoms with Gasteiger partial charge in [0, 0.05) is 0 Å². The van der Waals surface area contributed by atoms with E-state index in [9.17, 15) is 0 Å². The zero-order valence-electron chi connectivity index (χ0n) is 14.2. The quantitative estimate of drug-likeness (QED) is 0.659. The number of hydrogen-bond donors (Lipinski definition) is 0. The first-order valence-corrected chi connectivity index (χ1v) is 11.0. The second kappa shape index (κ2) is 7.49. The van der Waals surface area contributed by atoms with Crippen molar-refractivity contribution in [3.05, 3.63) is 91.0 Å². The van der Waals surface area contributed by atoms with Crippen molar-refractivity contribution in [2.75, 3.05) is 19.4 Å². The van der Waals surface area contributed by atoms with Crippen LogP contribution >= 0.6 is 7.26 Å². The minimum atomic E-state index is -2.24. The number of hydrogen-bond acceptors (Lipinski definition) is 2. The molecule has 0 aliphatic carbocycles. The summed E-state index contributed by atoms with van der Waals surface area (Å²) in [5.74, 6) is 0. The number of ether oxygens (including phenoxy) is 2. The fourth-order valence-electron chi connectivity index (χ4n) is 3.80. The van der Waals surface area contributed by atoms with Crippen molar-refractivity contribution in [1.29, 1.82) is 0 Å². The Labute approximate surface area is 149 Å². The second-order valence-corrected chi connectivity index (χ2v) is 10.3. The van der Waals surface area contributed by atoms with E-state index in [1.165, 1.54) is 15.9 Å². The number of benzene rings is 3. The van der Waals surface area contributed by atoms with Crippen LogP contribution in [0.15, 0.2) is 91.0 Å². The van der Waals surface area contributed by atoms with E-state index < -0.39 is 7.26 Å². The Morgan fingerprint density at radius 2 is 0.960 bits per heavy atom. The normalized spacial score (nSPS) is 16.0. The molecule has 0 radical (unpaired) electrons. The second-order valence-electron chi connectivity index (χ2n) is 6.38. The van der Waals surface area contributed by atoms with Crippen LogP contribution in [-0.4, -0.2) is 25.7 Å². The van der Waals surface area contributed by atoms with E-state index in [0.717, 1.165) is 6.16 Å². The van der Waals surface area contributed by atoms with E-state index in [-0.39, 0.29) is 6.29 Å². The standard InChI is InChI=1S/C22H23O2P/c1-4-10-19(11-5-1)25(18-22-23-16-17-24-22,20-12-6-2-7-13-20)21-14-8-3-9-15-21/h1-15,22,25H,16-18H2. The summed E-state index contributed by atoms with van der Waals surface area (Å²) in [7, 11) is -2.24. The van der Waals surface area contributed by atoms with Gasteiger partial charge in [-0.2, -0.15) is 0 Å². The molecule has 25 heavy (non-hydrogen) atoms. The van der Waals surface area contributed by atoms with E-state index in [4.69, 9.17) is 9.47 Å². The molecule has 3 heteroatoms. The molecule has 0 unspecified atom stereocenters. The van der Waals surface area contributed by atoms with E-state index in [1.54, 1.807) is 0 Å². The van der Waals surface area contributed by atoms with Gasteiger partial charge in [0.2, 0.25) is 0 Å². The molecule has 0 aromatic heterocycles. The third-order valence-electron chi connectivity index (χ3n) is 4.96. The van der Waals surface area contributed by atoms with E-state index >= 15 is 0 Å². The summed E-state index contributed by atoms with van der Waals surface area (Å²) in [6.45, 7) is 1.38. The average Bonchev–Trinajstić information content (AvgIpc) is 3.21. The Bertz CT molecular complexity index is 687. The van der Waals surface area contributed by atoms with Gasteiger partial charge in [0.05, 0.1) is 0 Å². The fourth-order valence-corrected chi connectivity index (χ4v) is 8.52. The Balaban J connectivity index is 1.93. The predicted molar refractivity (Wildman–Crippen MR) is 107 cm³/mol. The Hall–Kier alpha value is -1.99. The van der Waals surface area contributed by atoms with Gasteiger partial charge in [-0.1, -0.05) is 0 Å². The van der Waals surface area contributed by atoms with E-state index in [0.29, 0.717) is 13.2 Å². The van der Waals surface area contributed by atoms with Crippen LogP contribution in [0.4, 0.5) is 0 Å². The summed E-state index contributed by atoms with van der Waals surface area (Å²) in [6, 6.07) is 32.7. The molecular weight excluding hydrogens is 327 g/mol. The Kier molecular flexibility index (Phi) is 4.94. The molecule has 1 fully saturated rings. The first-order valence-electron chi connectivity index (χ1n) is 8.79. The van der Waals surface area contributed by atoms with Gasteiger partial charge in [0.1, 0.15) is 0 Å². The van der Waals surface area contributed by atoms with Crippen LogP contribution in [0.3, 0.4) is 0 Å². The molecule has 1 aliphatic rings. The van der Waals surface area contributed by atoms with Crippen LogP contribution in [0, 0.1) is 0 Å². The monoisotopic (exact) mass is 350 g/mol. The van der Waals surface area contributed by atoms with Gasteiger partial charge < -0.3 is 0 Å². The van der Waals surface area contributed by atoms with Crippen LogP contribution in [0.5, 0.6) is 0 Å².